The van der Waals surface area contributed by atoms with Crippen molar-refractivity contribution in [1.82, 2.24) is 9.62 Å². The van der Waals surface area contributed by atoms with E-state index in [-0.39, 0.29) is 17.6 Å². The number of piperidine rings is 1. The summed E-state index contributed by atoms with van der Waals surface area (Å²) in [7, 11) is -3.37. The molecular weight excluding hydrogens is 291 g/mol. The van der Waals surface area contributed by atoms with Gasteiger partial charge in [0, 0.05) is 12.6 Å². The summed E-state index contributed by atoms with van der Waals surface area (Å²) in [6.45, 7) is 4.25. The van der Waals surface area contributed by atoms with Crippen molar-refractivity contribution in [3.63, 3.8) is 0 Å². The van der Waals surface area contributed by atoms with Crippen LogP contribution in [0.3, 0.4) is 0 Å². The van der Waals surface area contributed by atoms with Gasteiger partial charge in [-0.05, 0) is 50.0 Å². The van der Waals surface area contributed by atoms with Crippen molar-refractivity contribution in [3.05, 3.63) is 35.6 Å². The van der Waals surface area contributed by atoms with Crippen LogP contribution in [-0.2, 0) is 15.8 Å². The molecule has 1 fully saturated rings. The molecule has 0 aromatic heterocycles. The highest BCUT2D eigenvalue weighted by molar-refractivity contribution is 7.88. The van der Waals surface area contributed by atoms with Crippen LogP contribution in [0.5, 0.6) is 0 Å². The Labute approximate surface area is 126 Å². The third kappa shape index (κ3) is 4.49. The topological polar surface area (TPSA) is 49.4 Å². The molecule has 4 nitrogen and oxygen atoms in total. The molecule has 0 spiro atoms. The number of nitrogens with zero attached hydrogens (tertiary/aromatic N) is 1. The first-order chi connectivity index (χ1) is 10.0. The van der Waals surface area contributed by atoms with E-state index in [0.29, 0.717) is 12.1 Å². The second-order valence-corrected chi connectivity index (χ2v) is 7.40. The van der Waals surface area contributed by atoms with Crippen LogP contribution in [0.2, 0.25) is 0 Å². The van der Waals surface area contributed by atoms with Gasteiger partial charge in [-0.3, -0.25) is 0 Å². The zero-order chi connectivity index (χ0) is 15.3. The molecule has 21 heavy (non-hydrogen) atoms. The molecule has 1 N–H and O–H groups in total. The van der Waals surface area contributed by atoms with Crippen LogP contribution >= 0.6 is 0 Å². The summed E-state index contributed by atoms with van der Waals surface area (Å²) in [5, 5.41) is 3.26. The van der Waals surface area contributed by atoms with Gasteiger partial charge in [0.25, 0.3) is 0 Å². The summed E-state index contributed by atoms with van der Waals surface area (Å²) in [6.07, 6.45) is 2.50. The Bertz CT molecular complexity index is 539. The molecule has 1 aromatic carbocycles. The maximum Gasteiger partial charge on any atom is 0.218 e. The molecule has 0 atom stereocenters. The molecule has 118 valence electrons. The molecule has 1 saturated heterocycles. The van der Waals surface area contributed by atoms with Gasteiger partial charge in [0.15, 0.2) is 0 Å². The van der Waals surface area contributed by atoms with E-state index in [4.69, 9.17) is 0 Å². The highest BCUT2D eigenvalue weighted by Gasteiger charge is 2.30. The van der Waals surface area contributed by atoms with E-state index in [0.717, 1.165) is 32.4 Å². The molecule has 0 bridgehead atoms. The van der Waals surface area contributed by atoms with Crippen molar-refractivity contribution >= 4 is 10.0 Å². The summed E-state index contributed by atoms with van der Waals surface area (Å²) in [5.74, 6) is -0.406. The highest BCUT2D eigenvalue weighted by Crippen LogP contribution is 2.20. The van der Waals surface area contributed by atoms with Crippen molar-refractivity contribution in [2.24, 2.45) is 0 Å². The van der Waals surface area contributed by atoms with Crippen LogP contribution in [0.4, 0.5) is 4.39 Å². The Kier molecular flexibility index (Phi) is 5.72. The van der Waals surface area contributed by atoms with Gasteiger partial charge >= 0.3 is 0 Å². The van der Waals surface area contributed by atoms with Crippen LogP contribution in [0.1, 0.15) is 31.7 Å². The molecule has 1 aliphatic heterocycles. The second kappa shape index (κ2) is 7.33. The number of rotatable bonds is 6. The van der Waals surface area contributed by atoms with E-state index in [9.17, 15) is 12.8 Å². The van der Waals surface area contributed by atoms with Crippen LogP contribution in [-0.4, -0.2) is 38.4 Å². The van der Waals surface area contributed by atoms with Crippen molar-refractivity contribution < 1.29 is 12.8 Å². The van der Waals surface area contributed by atoms with E-state index >= 15 is 0 Å². The summed E-state index contributed by atoms with van der Waals surface area (Å²) in [4.78, 5) is 0. The molecule has 1 heterocycles. The van der Waals surface area contributed by atoms with Crippen molar-refractivity contribution in [2.75, 3.05) is 19.6 Å². The number of nitrogens with one attached hydrogen (secondary N) is 1. The van der Waals surface area contributed by atoms with Gasteiger partial charge in [-0.1, -0.05) is 19.1 Å². The standard InChI is InChI=1S/C15H23FN2O2S/c1-2-11-18(15-7-9-17-10-8-15)21(19,20)12-13-3-5-14(16)6-4-13/h3-6,15,17H,2,7-12H2,1H3. The van der Waals surface area contributed by atoms with Gasteiger partial charge in [-0.2, -0.15) is 4.31 Å². The predicted molar refractivity (Wildman–Crippen MR) is 81.9 cm³/mol. The number of hydrogen-bond donors (Lipinski definition) is 1. The molecule has 1 aliphatic rings. The minimum atomic E-state index is -3.37. The maximum absolute atomic E-state index is 12.9. The van der Waals surface area contributed by atoms with Crippen molar-refractivity contribution in [1.29, 1.82) is 0 Å². The Morgan fingerprint density at radius 2 is 1.86 bits per heavy atom. The van der Waals surface area contributed by atoms with Gasteiger partial charge in [0.2, 0.25) is 10.0 Å². The molecule has 0 amide bonds. The van der Waals surface area contributed by atoms with Crippen LogP contribution < -0.4 is 5.32 Å². The van der Waals surface area contributed by atoms with Gasteiger partial charge in [0.05, 0.1) is 5.75 Å². The van der Waals surface area contributed by atoms with Gasteiger partial charge < -0.3 is 5.32 Å². The van der Waals surface area contributed by atoms with E-state index in [2.05, 4.69) is 5.32 Å². The minimum absolute atomic E-state index is 0.0583. The Balaban J connectivity index is 2.14. The van der Waals surface area contributed by atoms with E-state index in [1.54, 1.807) is 16.4 Å². The van der Waals surface area contributed by atoms with Crippen molar-refractivity contribution in [2.45, 2.75) is 38.0 Å². The Hall–Kier alpha value is -0.980. The normalized spacial score (nSPS) is 17.3. The monoisotopic (exact) mass is 314 g/mol. The summed E-state index contributed by atoms with van der Waals surface area (Å²) in [6, 6.07) is 5.77. The number of benzene rings is 1. The first-order valence-electron chi connectivity index (χ1n) is 7.47. The van der Waals surface area contributed by atoms with Crippen LogP contribution in [0.15, 0.2) is 24.3 Å². The van der Waals surface area contributed by atoms with Crippen LogP contribution in [0, 0.1) is 5.82 Å². The predicted octanol–water partition coefficient (Wildman–Crippen LogP) is 2.12. The lowest BCUT2D eigenvalue weighted by molar-refractivity contribution is 0.262. The molecular formula is C15H23FN2O2S. The second-order valence-electron chi connectivity index (χ2n) is 5.47. The molecule has 0 saturated carbocycles. The molecule has 2 rings (SSSR count). The molecule has 0 aliphatic carbocycles. The van der Waals surface area contributed by atoms with E-state index in [1.165, 1.54) is 12.1 Å². The fourth-order valence-corrected chi connectivity index (χ4v) is 4.64. The lowest BCUT2D eigenvalue weighted by Crippen LogP contribution is -2.46. The van der Waals surface area contributed by atoms with Crippen LogP contribution in [0.25, 0.3) is 0 Å². The number of halogens is 1. The zero-order valence-corrected chi connectivity index (χ0v) is 13.2. The fraction of sp³-hybridized carbons (Fsp3) is 0.600. The fourth-order valence-electron chi connectivity index (χ4n) is 2.74. The summed E-state index contributed by atoms with van der Waals surface area (Å²) >= 11 is 0. The van der Waals surface area contributed by atoms with Gasteiger partial charge in [0.1, 0.15) is 5.82 Å². The molecule has 1 aromatic rings. The third-order valence-electron chi connectivity index (χ3n) is 3.78. The summed E-state index contributed by atoms with van der Waals surface area (Å²) < 4.78 is 39.9. The first kappa shape index (κ1) is 16.4. The molecule has 0 unspecified atom stereocenters. The first-order valence-corrected chi connectivity index (χ1v) is 9.08. The molecule has 6 heteroatoms. The SMILES string of the molecule is CCCN(C1CCNCC1)S(=O)(=O)Cc1ccc(F)cc1. The maximum atomic E-state index is 12.9. The average molecular weight is 314 g/mol. The van der Waals surface area contributed by atoms with E-state index in [1.807, 2.05) is 6.92 Å². The van der Waals surface area contributed by atoms with E-state index < -0.39 is 10.0 Å². The number of hydrogen-bond acceptors (Lipinski definition) is 3. The third-order valence-corrected chi connectivity index (χ3v) is 5.67. The Morgan fingerprint density at radius 1 is 1.24 bits per heavy atom. The highest BCUT2D eigenvalue weighted by atomic mass is 32.2. The lowest BCUT2D eigenvalue weighted by atomic mass is 10.1. The average Bonchev–Trinajstić information content (AvgIpc) is 2.48. The molecule has 0 radical (unpaired) electrons. The van der Waals surface area contributed by atoms with Gasteiger partial charge in [-0.15, -0.1) is 0 Å². The lowest BCUT2D eigenvalue weighted by Gasteiger charge is -2.33. The Morgan fingerprint density at radius 3 is 2.43 bits per heavy atom. The smallest absolute Gasteiger partial charge is 0.218 e. The number of sulfonamides is 1. The van der Waals surface area contributed by atoms with Crippen molar-refractivity contribution in [3.8, 4) is 0 Å². The zero-order valence-electron chi connectivity index (χ0n) is 12.4. The largest absolute Gasteiger partial charge is 0.317 e. The summed E-state index contributed by atoms with van der Waals surface area (Å²) in [5.41, 5.74) is 0.631. The van der Waals surface area contributed by atoms with Gasteiger partial charge in [-0.25, -0.2) is 12.8 Å². The quantitative estimate of drug-likeness (QED) is 0.875. The minimum Gasteiger partial charge on any atom is -0.317 e.